The molecule has 0 aliphatic rings. The number of hydrogen-bond acceptors (Lipinski definition) is 6. The van der Waals surface area contributed by atoms with Crippen molar-refractivity contribution >= 4 is 84.6 Å². The third-order valence-electron chi connectivity index (χ3n) is 5.05. The molecule has 6 nitrogen and oxygen atoms in total. The number of carbonyl (C=O) groups excluding carboxylic acids is 1. The van der Waals surface area contributed by atoms with Crippen molar-refractivity contribution in [2.24, 2.45) is 0 Å². The number of benzene rings is 3. The number of anilines is 1. The van der Waals surface area contributed by atoms with E-state index in [0.717, 1.165) is 15.6 Å². The van der Waals surface area contributed by atoms with E-state index < -0.39 is 5.91 Å². The van der Waals surface area contributed by atoms with Crippen LogP contribution in [0.5, 0.6) is 5.75 Å². The Morgan fingerprint density at radius 3 is 2.74 bits per heavy atom. The summed E-state index contributed by atoms with van der Waals surface area (Å²) in [6, 6.07) is 15.8. The van der Waals surface area contributed by atoms with Crippen molar-refractivity contribution in [2.45, 2.75) is 6.92 Å². The van der Waals surface area contributed by atoms with Crippen molar-refractivity contribution in [3.63, 3.8) is 0 Å². The zero-order valence-electron chi connectivity index (χ0n) is 17.5. The van der Waals surface area contributed by atoms with E-state index in [9.17, 15) is 9.90 Å². The second-order valence-electron chi connectivity index (χ2n) is 7.52. The number of oxazole rings is 1. The second kappa shape index (κ2) is 8.88. The van der Waals surface area contributed by atoms with Crippen molar-refractivity contribution in [3.8, 4) is 17.2 Å². The first-order valence-corrected chi connectivity index (χ1v) is 12.0. The molecule has 5 rings (SSSR count). The van der Waals surface area contributed by atoms with Gasteiger partial charge in [-0.2, -0.15) is 0 Å². The highest BCUT2D eigenvalue weighted by Crippen LogP contribution is 2.37. The predicted molar refractivity (Wildman–Crippen MR) is 141 cm³/mol. The van der Waals surface area contributed by atoms with Crippen molar-refractivity contribution in [1.82, 2.24) is 10.3 Å². The maximum atomic E-state index is 12.7. The Morgan fingerprint density at radius 1 is 1.12 bits per heavy atom. The van der Waals surface area contributed by atoms with Gasteiger partial charge in [0.2, 0.25) is 5.89 Å². The van der Waals surface area contributed by atoms with Gasteiger partial charge in [0.25, 0.3) is 5.91 Å². The standard InChI is InChI=1S/C24H15Cl2N3O3S2/c1-11-2-7-16-18(8-11)32-23(28-16)14-6-4-13(10-17(14)30)27-24(33)29-22(31)21-20(26)15-5-3-12(25)9-19(15)34-21/h2-10,30H,1H3,(H2,27,29,31,33). The molecule has 0 radical (unpaired) electrons. The molecule has 10 heteroatoms. The summed E-state index contributed by atoms with van der Waals surface area (Å²) in [6.07, 6.45) is 0. The number of thiophene rings is 1. The smallest absolute Gasteiger partial charge is 0.269 e. The van der Waals surface area contributed by atoms with E-state index >= 15 is 0 Å². The SMILES string of the molecule is Cc1ccc2nc(-c3ccc(NC(=S)NC(=O)c4sc5cc(Cl)ccc5c4Cl)cc3O)oc2c1. The highest BCUT2D eigenvalue weighted by atomic mass is 35.5. The molecular formula is C24H15Cl2N3O3S2. The van der Waals surface area contributed by atoms with Crippen LogP contribution < -0.4 is 10.6 Å². The Balaban J connectivity index is 1.31. The number of aryl methyl sites for hydroxylation is 1. The second-order valence-corrected chi connectivity index (χ2v) is 9.79. The molecule has 5 aromatic rings. The van der Waals surface area contributed by atoms with Crippen LogP contribution in [-0.4, -0.2) is 21.1 Å². The molecule has 0 aliphatic heterocycles. The fourth-order valence-corrected chi connectivity index (χ4v) is 5.34. The Morgan fingerprint density at radius 2 is 1.94 bits per heavy atom. The van der Waals surface area contributed by atoms with Gasteiger partial charge in [-0.15, -0.1) is 11.3 Å². The number of nitrogens with one attached hydrogen (secondary N) is 2. The molecule has 0 aliphatic carbocycles. The molecule has 1 amide bonds. The number of phenols is 1. The van der Waals surface area contributed by atoms with E-state index in [1.807, 2.05) is 25.1 Å². The quantitative estimate of drug-likeness (QED) is 0.216. The van der Waals surface area contributed by atoms with Crippen LogP contribution in [0.1, 0.15) is 15.2 Å². The number of hydrogen-bond donors (Lipinski definition) is 3. The summed E-state index contributed by atoms with van der Waals surface area (Å²) < 4.78 is 6.59. The van der Waals surface area contributed by atoms with Gasteiger partial charge in [-0.25, -0.2) is 4.98 Å². The van der Waals surface area contributed by atoms with Crippen LogP contribution in [0.2, 0.25) is 10.0 Å². The van der Waals surface area contributed by atoms with Gasteiger partial charge in [-0.05, 0) is 61.1 Å². The summed E-state index contributed by atoms with van der Waals surface area (Å²) in [6.45, 7) is 1.96. The lowest BCUT2D eigenvalue weighted by molar-refractivity contribution is 0.0982. The minimum absolute atomic E-state index is 0.0492. The zero-order valence-corrected chi connectivity index (χ0v) is 20.6. The maximum absolute atomic E-state index is 12.7. The van der Waals surface area contributed by atoms with Crippen molar-refractivity contribution in [3.05, 3.63) is 75.1 Å². The van der Waals surface area contributed by atoms with Gasteiger partial charge < -0.3 is 14.8 Å². The molecule has 2 heterocycles. The molecule has 34 heavy (non-hydrogen) atoms. The van der Waals surface area contributed by atoms with Crippen LogP contribution in [0.25, 0.3) is 32.6 Å². The highest BCUT2D eigenvalue weighted by Gasteiger charge is 2.19. The topological polar surface area (TPSA) is 87.4 Å². The Labute approximate surface area is 213 Å². The summed E-state index contributed by atoms with van der Waals surface area (Å²) >= 11 is 18.9. The number of thiocarbonyl (C=S) groups is 1. The molecular weight excluding hydrogens is 513 g/mol. The molecule has 3 N–H and O–H groups in total. The minimum atomic E-state index is -0.442. The minimum Gasteiger partial charge on any atom is -0.507 e. The Bertz CT molecular complexity index is 1610. The van der Waals surface area contributed by atoms with Crippen LogP contribution in [0.15, 0.2) is 59.0 Å². The van der Waals surface area contributed by atoms with Gasteiger partial charge in [0.15, 0.2) is 10.7 Å². The summed E-state index contributed by atoms with van der Waals surface area (Å²) in [5.41, 5.74) is 3.31. The van der Waals surface area contributed by atoms with E-state index in [2.05, 4.69) is 15.6 Å². The number of amides is 1. The number of rotatable bonds is 3. The number of aromatic nitrogens is 1. The van der Waals surface area contributed by atoms with Crippen LogP contribution in [-0.2, 0) is 0 Å². The highest BCUT2D eigenvalue weighted by molar-refractivity contribution is 7.80. The maximum Gasteiger partial charge on any atom is 0.269 e. The van der Waals surface area contributed by atoms with E-state index in [1.54, 1.807) is 30.3 Å². The summed E-state index contributed by atoms with van der Waals surface area (Å²) in [5.74, 6) is -0.186. The molecule has 0 spiro atoms. The molecule has 0 atom stereocenters. The monoisotopic (exact) mass is 527 g/mol. The molecule has 2 aromatic heterocycles. The first kappa shape index (κ1) is 22.6. The number of carbonyl (C=O) groups is 1. The number of phenolic OH excluding ortho intramolecular Hbond substituents is 1. The average molecular weight is 528 g/mol. The number of nitrogens with zero attached hydrogens (tertiary/aromatic N) is 1. The summed E-state index contributed by atoms with van der Waals surface area (Å²) in [4.78, 5) is 17.5. The molecule has 0 unspecified atom stereocenters. The lowest BCUT2D eigenvalue weighted by atomic mass is 10.2. The summed E-state index contributed by atoms with van der Waals surface area (Å²) in [7, 11) is 0. The van der Waals surface area contributed by atoms with Crippen LogP contribution in [0.4, 0.5) is 5.69 Å². The predicted octanol–water partition coefficient (Wildman–Crippen LogP) is 7.16. The molecule has 0 fully saturated rings. The van der Waals surface area contributed by atoms with Crippen molar-refractivity contribution in [1.29, 1.82) is 0 Å². The fourth-order valence-electron chi connectivity index (χ4n) is 3.44. The van der Waals surface area contributed by atoms with Crippen molar-refractivity contribution < 1.29 is 14.3 Å². The molecule has 0 bridgehead atoms. The number of aromatic hydroxyl groups is 1. The lowest BCUT2D eigenvalue weighted by Gasteiger charge is -2.10. The van der Waals surface area contributed by atoms with E-state index in [1.165, 1.54) is 17.4 Å². The zero-order chi connectivity index (χ0) is 24.0. The van der Waals surface area contributed by atoms with Gasteiger partial charge in [-0.1, -0.05) is 35.3 Å². The largest absolute Gasteiger partial charge is 0.507 e. The third-order valence-corrected chi connectivity index (χ3v) is 7.15. The van der Waals surface area contributed by atoms with E-state index in [4.69, 9.17) is 39.8 Å². The Kier molecular flexibility index (Phi) is 5.91. The molecule has 0 saturated carbocycles. The number of fused-ring (bicyclic) bond motifs is 2. The van der Waals surface area contributed by atoms with Gasteiger partial charge in [0.05, 0.1) is 10.6 Å². The average Bonchev–Trinajstić information content (AvgIpc) is 3.34. The van der Waals surface area contributed by atoms with Crippen LogP contribution >= 0.6 is 46.8 Å². The fraction of sp³-hybridized carbons (Fsp3) is 0.0417. The molecule has 3 aromatic carbocycles. The lowest BCUT2D eigenvalue weighted by Crippen LogP contribution is -2.33. The first-order valence-electron chi connectivity index (χ1n) is 9.99. The normalized spacial score (nSPS) is 11.1. The van der Waals surface area contributed by atoms with Gasteiger partial charge in [0, 0.05) is 26.9 Å². The van der Waals surface area contributed by atoms with Gasteiger partial charge >= 0.3 is 0 Å². The number of halogens is 2. The van der Waals surface area contributed by atoms with E-state index in [-0.39, 0.29) is 10.9 Å². The van der Waals surface area contributed by atoms with Gasteiger partial charge in [0.1, 0.15) is 16.1 Å². The van der Waals surface area contributed by atoms with Crippen molar-refractivity contribution in [2.75, 3.05) is 5.32 Å². The molecule has 0 saturated heterocycles. The van der Waals surface area contributed by atoms with Crippen LogP contribution in [0.3, 0.4) is 0 Å². The first-order chi connectivity index (χ1) is 16.3. The summed E-state index contributed by atoms with van der Waals surface area (Å²) in [5, 5.41) is 17.7. The van der Waals surface area contributed by atoms with Gasteiger partial charge in [-0.3, -0.25) is 10.1 Å². The molecule has 170 valence electrons. The van der Waals surface area contributed by atoms with Crippen LogP contribution in [0, 0.1) is 6.92 Å². The Hall–Kier alpha value is -3.17. The van der Waals surface area contributed by atoms with E-state index in [0.29, 0.717) is 43.2 Å². The third kappa shape index (κ3) is 4.33.